The summed E-state index contributed by atoms with van der Waals surface area (Å²) in [5.74, 6) is 1.26. The second-order valence-corrected chi connectivity index (χ2v) is 6.34. The molecule has 1 aromatic rings. The highest BCUT2D eigenvalue weighted by Crippen LogP contribution is 2.30. The maximum Gasteiger partial charge on any atom is 0.123 e. The van der Waals surface area contributed by atoms with E-state index in [1.165, 1.54) is 25.3 Å². The third kappa shape index (κ3) is 4.29. The van der Waals surface area contributed by atoms with E-state index in [0.717, 1.165) is 31.0 Å². The fraction of sp³-hybridized carbons (Fsp3) is 0.647. The van der Waals surface area contributed by atoms with Crippen molar-refractivity contribution in [1.82, 2.24) is 4.90 Å². The maximum absolute atomic E-state index is 13.2. The molecule has 112 valence electrons. The Balaban J connectivity index is 1.88. The maximum atomic E-state index is 13.2. The lowest BCUT2D eigenvalue weighted by Gasteiger charge is -2.36. The van der Waals surface area contributed by atoms with Gasteiger partial charge in [0.25, 0.3) is 0 Å². The average molecular weight is 278 g/mol. The van der Waals surface area contributed by atoms with E-state index in [1.54, 1.807) is 12.1 Å². The SMILES string of the molecule is CCC1CCC(N)C(CN(C)Cc2cccc(F)c2)C1. The van der Waals surface area contributed by atoms with Crippen molar-refractivity contribution in [3.05, 3.63) is 35.6 Å². The summed E-state index contributed by atoms with van der Waals surface area (Å²) in [6.45, 7) is 4.07. The molecule has 0 spiro atoms. The van der Waals surface area contributed by atoms with Crippen molar-refractivity contribution in [2.75, 3.05) is 13.6 Å². The van der Waals surface area contributed by atoms with Crippen LogP contribution in [0.4, 0.5) is 4.39 Å². The molecule has 3 heteroatoms. The van der Waals surface area contributed by atoms with Crippen molar-refractivity contribution in [1.29, 1.82) is 0 Å². The Morgan fingerprint density at radius 3 is 2.85 bits per heavy atom. The molecule has 0 radical (unpaired) electrons. The van der Waals surface area contributed by atoms with Crippen molar-refractivity contribution < 1.29 is 4.39 Å². The van der Waals surface area contributed by atoms with Gasteiger partial charge in [-0.05, 0) is 55.8 Å². The summed E-state index contributed by atoms with van der Waals surface area (Å²) in [4.78, 5) is 2.28. The number of hydrogen-bond acceptors (Lipinski definition) is 2. The van der Waals surface area contributed by atoms with Crippen LogP contribution in [0.25, 0.3) is 0 Å². The van der Waals surface area contributed by atoms with Gasteiger partial charge in [0.2, 0.25) is 0 Å². The first-order valence-electron chi connectivity index (χ1n) is 7.77. The largest absolute Gasteiger partial charge is 0.327 e. The zero-order chi connectivity index (χ0) is 14.5. The van der Waals surface area contributed by atoms with Crippen LogP contribution in [0.3, 0.4) is 0 Å². The third-order valence-corrected chi connectivity index (χ3v) is 4.61. The van der Waals surface area contributed by atoms with Gasteiger partial charge >= 0.3 is 0 Å². The molecule has 0 aliphatic heterocycles. The average Bonchev–Trinajstić information content (AvgIpc) is 2.41. The first-order valence-corrected chi connectivity index (χ1v) is 7.77. The number of hydrogen-bond donors (Lipinski definition) is 1. The lowest BCUT2D eigenvalue weighted by molar-refractivity contribution is 0.168. The quantitative estimate of drug-likeness (QED) is 0.894. The molecule has 1 aliphatic rings. The molecule has 0 saturated heterocycles. The van der Waals surface area contributed by atoms with E-state index < -0.39 is 0 Å². The second-order valence-electron chi connectivity index (χ2n) is 6.34. The van der Waals surface area contributed by atoms with E-state index in [9.17, 15) is 4.39 Å². The van der Waals surface area contributed by atoms with E-state index >= 15 is 0 Å². The van der Waals surface area contributed by atoms with Crippen molar-refractivity contribution in [3.8, 4) is 0 Å². The summed E-state index contributed by atoms with van der Waals surface area (Å²) >= 11 is 0. The summed E-state index contributed by atoms with van der Waals surface area (Å²) in [5.41, 5.74) is 7.31. The highest BCUT2D eigenvalue weighted by molar-refractivity contribution is 5.16. The van der Waals surface area contributed by atoms with Crippen LogP contribution >= 0.6 is 0 Å². The molecule has 0 heterocycles. The monoisotopic (exact) mass is 278 g/mol. The second kappa shape index (κ2) is 7.19. The smallest absolute Gasteiger partial charge is 0.123 e. The van der Waals surface area contributed by atoms with Crippen LogP contribution < -0.4 is 5.73 Å². The Hall–Kier alpha value is -0.930. The van der Waals surface area contributed by atoms with Gasteiger partial charge in [0.1, 0.15) is 5.82 Å². The van der Waals surface area contributed by atoms with Gasteiger partial charge < -0.3 is 10.6 Å². The van der Waals surface area contributed by atoms with Crippen molar-refractivity contribution in [3.63, 3.8) is 0 Å². The minimum Gasteiger partial charge on any atom is -0.327 e. The third-order valence-electron chi connectivity index (χ3n) is 4.61. The molecule has 0 bridgehead atoms. The molecule has 20 heavy (non-hydrogen) atoms. The van der Waals surface area contributed by atoms with E-state index in [-0.39, 0.29) is 5.82 Å². The van der Waals surface area contributed by atoms with Crippen LogP contribution in [-0.4, -0.2) is 24.5 Å². The molecule has 2 N–H and O–H groups in total. The normalized spacial score (nSPS) is 26.9. The first kappa shape index (κ1) is 15.5. The fourth-order valence-electron chi connectivity index (χ4n) is 3.38. The Morgan fingerprint density at radius 2 is 2.15 bits per heavy atom. The van der Waals surface area contributed by atoms with Gasteiger partial charge in [-0.3, -0.25) is 0 Å². The van der Waals surface area contributed by atoms with Crippen molar-refractivity contribution in [2.24, 2.45) is 17.6 Å². The highest BCUT2D eigenvalue weighted by Gasteiger charge is 2.27. The van der Waals surface area contributed by atoms with Gasteiger partial charge in [-0.1, -0.05) is 25.5 Å². The first-order chi connectivity index (χ1) is 9.58. The number of nitrogens with zero attached hydrogens (tertiary/aromatic N) is 1. The lowest BCUT2D eigenvalue weighted by atomic mass is 9.77. The Bertz CT molecular complexity index is 421. The predicted molar refractivity (Wildman–Crippen MR) is 81.8 cm³/mol. The van der Waals surface area contributed by atoms with Gasteiger partial charge in [0.15, 0.2) is 0 Å². The zero-order valence-electron chi connectivity index (χ0n) is 12.7. The summed E-state index contributed by atoms with van der Waals surface area (Å²) in [7, 11) is 2.10. The molecule has 1 saturated carbocycles. The van der Waals surface area contributed by atoms with E-state index in [4.69, 9.17) is 5.73 Å². The fourth-order valence-corrected chi connectivity index (χ4v) is 3.38. The molecular weight excluding hydrogens is 251 g/mol. The Morgan fingerprint density at radius 1 is 1.35 bits per heavy atom. The molecule has 1 fully saturated rings. The van der Waals surface area contributed by atoms with Crippen molar-refractivity contribution >= 4 is 0 Å². The van der Waals surface area contributed by atoms with Crippen LogP contribution in [0.5, 0.6) is 0 Å². The predicted octanol–water partition coefficient (Wildman–Crippen LogP) is 3.41. The molecule has 3 atom stereocenters. The van der Waals surface area contributed by atoms with E-state index in [1.807, 2.05) is 6.07 Å². The number of rotatable bonds is 5. The van der Waals surface area contributed by atoms with Crippen LogP contribution in [0.1, 0.15) is 38.2 Å². The minimum absolute atomic E-state index is 0.156. The number of benzene rings is 1. The van der Waals surface area contributed by atoms with Crippen LogP contribution in [0, 0.1) is 17.7 Å². The summed E-state index contributed by atoms with van der Waals surface area (Å²) in [5, 5.41) is 0. The highest BCUT2D eigenvalue weighted by atomic mass is 19.1. The molecule has 0 amide bonds. The van der Waals surface area contributed by atoms with Crippen LogP contribution in [-0.2, 0) is 6.54 Å². The number of nitrogens with two attached hydrogens (primary N) is 1. The van der Waals surface area contributed by atoms with Gasteiger partial charge in [0, 0.05) is 19.1 Å². The van der Waals surface area contributed by atoms with Crippen LogP contribution in [0.15, 0.2) is 24.3 Å². The lowest BCUT2D eigenvalue weighted by Crippen LogP contribution is -2.42. The van der Waals surface area contributed by atoms with Crippen LogP contribution in [0.2, 0.25) is 0 Å². The van der Waals surface area contributed by atoms with Crippen molar-refractivity contribution in [2.45, 2.75) is 45.2 Å². The standard InChI is InChI=1S/C17H27FN2/c1-3-13-7-8-17(19)15(9-13)12-20(2)11-14-5-4-6-16(18)10-14/h4-6,10,13,15,17H,3,7-9,11-12,19H2,1-2H3. The molecule has 1 aliphatic carbocycles. The Kier molecular flexibility index (Phi) is 5.55. The Labute approximate surface area is 122 Å². The summed E-state index contributed by atoms with van der Waals surface area (Å²) in [6.07, 6.45) is 4.93. The van der Waals surface area contributed by atoms with Gasteiger partial charge in [0.05, 0.1) is 0 Å². The zero-order valence-corrected chi connectivity index (χ0v) is 12.7. The van der Waals surface area contributed by atoms with E-state index in [2.05, 4.69) is 18.9 Å². The summed E-state index contributed by atoms with van der Waals surface area (Å²) in [6, 6.07) is 7.19. The number of halogens is 1. The van der Waals surface area contributed by atoms with Gasteiger partial charge in [-0.25, -0.2) is 4.39 Å². The molecule has 2 nitrogen and oxygen atoms in total. The molecule has 1 aromatic carbocycles. The van der Waals surface area contributed by atoms with Gasteiger partial charge in [-0.15, -0.1) is 0 Å². The van der Waals surface area contributed by atoms with E-state index in [0.29, 0.717) is 12.0 Å². The minimum atomic E-state index is -0.156. The topological polar surface area (TPSA) is 29.3 Å². The molecule has 3 unspecified atom stereocenters. The summed E-state index contributed by atoms with van der Waals surface area (Å²) < 4.78 is 13.2. The molecular formula is C17H27FN2. The molecule has 2 rings (SSSR count). The van der Waals surface area contributed by atoms with Gasteiger partial charge in [-0.2, -0.15) is 0 Å². The molecule has 0 aromatic heterocycles.